The van der Waals surface area contributed by atoms with Crippen LogP contribution in [0.25, 0.3) is 21.8 Å². The molecule has 26 heavy (non-hydrogen) atoms. The van der Waals surface area contributed by atoms with Crippen molar-refractivity contribution in [2.75, 3.05) is 6.61 Å². The van der Waals surface area contributed by atoms with E-state index in [-0.39, 0.29) is 36.0 Å². The summed E-state index contributed by atoms with van der Waals surface area (Å²) in [5.74, 6) is 0.549. The number of hydrogen-bond acceptors (Lipinski definition) is 4. The lowest BCUT2D eigenvalue weighted by Crippen LogP contribution is -2.34. The third-order valence-corrected chi connectivity index (χ3v) is 5.21. The third-order valence-electron chi connectivity index (χ3n) is 5.21. The van der Waals surface area contributed by atoms with E-state index in [0.29, 0.717) is 16.8 Å². The second-order valence-electron chi connectivity index (χ2n) is 7.13. The molecule has 0 saturated carbocycles. The number of pyridine rings is 2. The largest absolute Gasteiger partial charge is 0.487 e. The number of ketones is 1. The molecule has 134 valence electrons. The minimum Gasteiger partial charge on any atom is -0.487 e. The first kappa shape index (κ1) is 16.6. The van der Waals surface area contributed by atoms with Crippen LogP contribution in [0.5, 0.6) is 5.75 Å². The van der Waals surface area contributed by atoms with E-state index in [9.17, 15) is 14.4 Å². The average Bonchev–Trinajstić information content (AvgIpc) is 2.56. The molecule has 1 atom stereocenters. The summed E-state index contributed by atoms with van der Waals surface area (Å²) in [4.78, 5) is 36.7. The molecule has 1 unspecified atom stereocenters. The Balaban J connectivity index is 2.25. The lowest BCUT2D eigenvalue weighted by Gasteiger charge is -2.29. The van der Waals surface area contributed by atoms with Crippen molar-refractivity contribution in [2.45, 2.75) is 33.2 Å². The summed E-state index contributed by atoms with van der Waals surface area (Å²) in [6.07, 6.45) is 0.238. The molecule has 4 rings (SSSR count). The summed E-state index contributed by atoms with van der Waals surface area (Å²) >= 11 is 0. The fourth-order valence-electron chi connectivity index (χ4n) is 3.96. The van der Waals surface area contributed by atoms with Gasteiger partial charge in [-0.15, -0.1) is 0 Å². The SMILES string of the molecule is CC(=O)CC1COc2c3c(cc4c(C)cc(=O)n1c24)c(C)cc(=O)n3C. The molecule has 1 aromatic carbocycles. The number of carbonyl (C=O) groups excluding carboxylic acids is 1. The molecule has 3 aromatic rings. The molecule has 0 N–H and O–H groups in total. The molecule has 2 aromatic heterocycles. The summed E-state index contributed by atoms with van der Waals surface area (Å²) in [7, 11) is 1.70. The smallest absolute Gasteiger partial charge is 0.251 e. The number of ether oxygens (including phenoxy) is 1. The van der Waals surface area contributed by atoms with Gasteiger partial charge in [-0.05, 0) is 38.0 Å². The second-order valence-corrected chi connectivity index (χ2v) is 7.13. The fraction of sp³-hybridized carbons (Fsp3) is 0.350. The number of benzene rings is 1. The molecular weight excluding hydrogens is 332 g/mol. The number of hydrogen-bond donors (Lipinski definition) is 0. The molecule has 1 aliphatic heterocycles. The highest BCUT2D eigenvalue weighted by molar-refractivity contribution is 6.04. The van der Waals surface area contributed by atoms with Gasteiger partial charge in [0.15, 0.2) is 5.75 Å². The first-order valence-electron chi connectivity index (χ1n) is 8.61. The van der Waals surface area contributed by atoms with Crippen LogP contribution < -0.4 is 15.9 Å². The fourth-order valence-corrected chi connectivity index (χ4v) is 3.96. The minimum absolute atomic E-state index is 0.00621. The van der Waals surface area contributed by atoms with E-state index >= 15 is 0 Å². The van der Waals surface area contributed by atoms with Crippen molar-refractivity contribution >= 4 is 27.6 Å². The Hall–Kier alpha value is -2.89. The standard InChI is InChI=1S/C20H20N2O4/c1-10-5-16(24)21(4)18-14(10)8-15-11(2)6-17(25)22-13(7-12(3)23)9-26-20(18)19(15)22/h5-6,8,13H,7,9H2,1-4H3. The third kappa shape index (κ3) is 2.21. The number of nitrogens with zero attached hydrogens (tertiary/aromatic N) is 2. The Morgan fingerprint density at radius 3 is 2.35 bits per heavy atom. The molecule has 1 aliphatic rings. The van der Waals surface area contributed by atoms with Crippen molar-refractivity contribution in [2.24, 2.45) is 7.05 Å². The van der Waals surface area contributed by atoms with Crippen molar-refractivity contribution in [3.8, 4) is 5.75 Å². The summed E-state index contributed by atoms with van der Waals surface area (Å²) < 4.78 is 9.27. The van der Waals surface area contributed by atoms with Crippen molar-refractivity contribution in [1.82, 2.24) is 9.13 Å². The van der Waals surface area contributed by atoms with Gasteiger partial charge in [0.05, 0.1) is 17.1 Å². The molecule has 0 amide bonds. The number of aromatic nitrogens is 2. The van der Waals surface area contributed by atoms with Crippen molar-refractivity contribution in [1.29, 1.82) is 0 Å². The number of fused-ring (bicyclic) bond motifs is 2. The van der Waals surface area contributed by atoms with E-state index < -0.39 is 0 Å². The van der Waals surface area contributed by atoms with Crippen LogP contribution in [0.1, 0.15) is 30.5 Å². The Bertz CT molecular complexity index is 1220. The predicted molar refractivity (Wildman–Crippen MR) is 100 cm³/mol. The zero-order valence-corrected chi connectivity index (χ0v) is 15.3. The Morgan fingerprint density at radius 2 is 1.69 bits per heavy atom. The van der Waals surface area contributed by atoms with E-state index in [4.69, 9.17) is 4.74 Å². The van der Waals surface area contributed by atoms with Crippen LogP contribution in [0.3, 0.4) is 0 Å². The molecule has 0 fully saturated rings. The highest BCUT2D eigenvalue weighted by Crippen LogP contribution is 2.40. The number of aryl methyl sites for hydroxylation is 3. The molecule has 0 spiro atoms. The minimum atomic E-state index is -0.338. The van der Waals surface area contributed by atoms with E-state index in [1.807, 2.05) is 19.9 Å². The lowest BCUT2D eigenvalue weighted by molar-refractivity contribution is -0.118. The number of rotatable bonds is 2. The highest BCUT2D eigenvalue weighted by Gasteiger charge is 2.28. The summed E-state index contributed by atoms with van der Waals surface area (Å²) in [6, 6.07) is 4.88. The van der Waals surface area contributed by atoms with Crippen LogP contribution in [0.2, 0.25) is 0 Å². The molecule has 0 aliphatic carbocycles. The molecule has 6 heteroatoms. The quantitative estimate of drug-likeness (QED) is 0.664. The number of carbonyl (C=O) groups is 1. The van der Waals surface area contributed by atoms with Crippen molar-refractivity contribution in [3.63, 3.8) is 0 Å². The van der Waals surface area contributed by atoms with Crippen LogP contribution in [0.4, 0.5) is 0 Å². The van der Waals surface area contributed by atoms with Gasteiger partial charge in [0.1, 0.15) is 12.4 Å². The maximum absolute atomic E-state index is 12.7. The van der Waals surface area contributed by atoms with Gasteiger partial charge in [0, 0.05) is 36.4 Å². The molecule has 6 nitrogen and oxygen atoms in total. The molecule has 3 heterocycles. The lowest BCUT2D eigenvalue weighted by atomic mass is 10.00. The zero-order valence-electron chi connectivity index (χ0n) is 15.3. The second kappa shape index (κ2) is 5.56. The predicted octanol–water partition coefficient (Wildman–Crippen LogP) is 2.38. The van der Waals surface area contributed by atoms with Crippen molar-refractivity contribution in [3.05, 3.63) is 50.0 Å². The Labute approximate surface area is 149 Å². The zero-order chi connectivity index (χ0) is 18.7. The van der Waals surface area contributed by atoms with Gasteiger partial charge in [-0.3, -0.25) is 19.0 Å². The van der Waals surface area contributed by atoms with Gasteiger partial charge in [-0.2, -0.15) is 0 Å². The summed E-state index contributed by atoms with van der Waals surface area (Å²) in [6.45, 7) is 5.53. The first-order chi connectivity index (χ1) is 12.3. The van der Waals surface area contributed by atoms with Gasteiger partial charge < -0.3 is 9.30 Å². The Morgan fingerprint density at radius 1 is 1.08 bits per heavy atom. The van der Waals surface area contributed by atoms with Crippen LogP contribution in [0, 0.1) is 13.8 Å². The van der Waals surface area contributed by atoms with E-state index in [1.165, 1.54) is 6.92 Å². The van der Waals surface area contributed by atoms with Gasteiger partial charge in [-0.25, -0.2) is 0 Å². The average molecular weight is 352 g/mol. The number of Topliss-reactive ketones (excluding diaryl/α,β-unsaturated/α-hetero) is 1. The van der Waals surface area contributed by atoms with Gasteiger partial charge >= 0.3 is 0 Å². The summed E-state index contributed by atoms with van der Waals surface area (Å²) in [5, 5.41) is 1.83. The monoisotopic (exact) mass is 352 g/mol. The van der Waals surface area contributed by atoms with Crippen LogP contribution in [0.15, 0.2) is 27.8 Å². The molecular formula is C20H20N2O4. The van der Waals surface area contributed by atoms with Crippen LogP contribution in [-0.2, 0) is 11.8 Å². The molecule has 0 saturated heterocycles. The van der Waals surface area contributed by atoms with Gasteiger partial charge in [0.25, 0.3) is 11.1 Å². The molecule has 0 radical (unpaired) electrons. The van der Waals surface area contributed by atoms with Crippen molar-refractivity contribution < 1.29 is 9.53 Å². The Kier molecular flexibility index (Phi) is 3.54. The van der Waals surface area contributed by atoms with Crippen LogP contribution in [-0.4, -0.2) is 21.5 Å². The van der Waals surface area contributed by atoms with E-state index in [2.05, 4.69) is 0 Å². The highest BCUT2D eigenvalue weighted by atomic mass is 16.5. The van der Waals surface area contributed by atoms with E-state index in [0.717, 1.165) is 21.9 Å². The topological polar surface area (TPSA) is 70.3 Å². The summed E-state index contributed by atoms with van der Waals surface area (Å²) in [5.41, 5.74) is 2.80. The molecule has 0 bridgehead atoms. The van der Waals surface area contributed by atoms with Gasteiger partial charge in [-0.1, -0.05) is 0 Å². The first-order valence-corrected chi connectivity index (χ1v) is 8.61. The normalized spacial score (nSPS) is 16.1. The van der Waals surface area contributed by atoms with E-state index in [1.54, 1.807) is 28.3 Å². The maximum Gasteiger partial charge on any atom is 0.251 e. The maximum atomic E-state index is 12.7. The van der Waals surface area contributed by atoms with Crippen LogP contribution >= 0.6 is 0 Å². The van der Waals surface area contributed by atoms with Gasteiger partial charge in [0.2, 0.25) is 0 Å².